The van der Waals surface area contributed by atoms with Gasteiger partial charge in [-0.3, -0.25) is 14.5 Å². The monoisotopic (exact) mass is 506 g/mol. The number of halogens is 2. The zero-order valence-electron chi connectivity index (χ0n) is 21.1. The molecule has 0 spiro atoms. The molecule has 1 atom stereocenters. The lowest BCUT2D eigenvalue weighted by molar-refractivity contribution is -0.132. The third kappa shape index (κ3) is 4.67. The van der Waals surface area contributed by atoms with E-state index in [2.05, 4.69) is 4.90 Å². The van der Waals surface area contributed by atoms with Crippen LogP contribution >= 0.6 is 0 Å². The van der Waals surface area contributed by atoms with E-state index in [1.54, 1.807) is 37.3 Å². The summed E-state index contributed by atoms with van der Waals surface area (Å²) in [5, 5.41) is 11.3. The Labute approximate surface area is 214 Å². The van der Waals surface area contributed by atoms with E-state index < -0.39 is 35.1 Å². The minimum absolute atomic E-state index is 0.186. The number of ketones is 1. The number of benzene rings is 3. The first-order chi connectivity index (χ1) is 17.7. The van der Waals surface area contributed by atoms with Gasteiger partial charge in [0.1, 0.15) is 23.1 Å². The lowest BCUT2D eigenvalue weighted by Gasteiger charge is -2.27. The van der Waals surface area contributed by atoms with Gasteiger partial charge in [-0.25, -0.2) is 8.78 Å². The van der Waals surface area contributed by atoms with E-state index >= 15 is 0 Å². The summed E-state index contributed by atoms with van der Waals surface area (Å²) in [4.78, 5) is 29.7. The van der Waals surface area contributed by atoms with Gasteiger partial charge < -0.3 is 14.7 Å². The number of aliphatic hydroxyl groups is 1. The summed E-state index contributed by atoms with van der Waals surface area (Å²) in [5.41, 5.74) is 2.00. The predicted octanol–water partition coefficient (Wildman–Crippen LogP) is 5.75. The Balaban J connectivity index is 1.92. The highest BCUT2D eigenvalue weighted by Crippen LogP contribution is 2.43. The van der Waals surface area contributed by atoms with Crippen LogP contribution in [-0.4, -0.2) is 37.0 Å². The number of hydrogen-bond acceptors (Lipinski definition) is 5. The summed E-state index contributed by atoms with van der Waals surface area (Å²) in [6, 6.07) is 13.7. The van der Waals surface area contributed by atoms with Gasteiger partial charge in [0, 0.05) is 30.4 Å². The minimum atomic E-state index is -1.13. The molecule has 3 aromatic rings. The molecule has 6 nitrogen and oxygen atoms in total. The highest BCUT2D eigenvalue weighted by atomic mass is 19.1. The number of rotatable bonds is 7. The summed E-state index contributed by atoms with van der Waals surface area (Å²) in [6.45, 7) is 7.41. The fraction of sp³-hybridized carbons (Fsp3) is 0.241. The molecule has 0 saturated carbocycles. The number of carbonyl (C=O) groups excluding carboxylic acids is 2. The van der Waals surface area contributed by atoms with Gasteiger partial charge in [-0.1, -0.05) is 12.1 Å². The van der Waals surface area contributed by atoms with Gasteiger partial charge >= 0.3 is 0 Å². The summed E-state index contributed by atoms with van der Waals surface area (Å²) >= 11 is 0. The molecule has 192 valence electrons. The summed E-state index contributed by atoms with van der Waals surface area (Å²) in [7, 11) is 1.52. The Kier molecular flexibility index (Phi) is 7.29. The second-order valence-electron chi connectivity index (χ2n) is 8.71. The first-order valence-electron chi connectivity index (χ1n) is 12.0. The highest BCUT2D eigenvalue weighted by Gasteiger charge is 2.47. The van der Waals surface area contributed by atoms with Crippen molar-refractivity contribution in [3.05, 3.63) is 94.6 Å². The maximum absolute atomic E-state index is 14.9. The third-order valence-electron chi connectivity index (χ3n) is 6.62. The predicted molar refractivity (Wildman–Crippen MR) is 139 cm³/mol. The molecule has 1 fully saturated rings. The van der Waals surface area contributed by atoms with Crippen molar-refractivity contribution in [3.63, 3.8) is 0 Å². The molecular weight excluding hydrogens is 478 g/mol. The Morgan fingerprint density at radius 2 is 1.68 bits per heavy atom. The number of ether oxygens (including phenoxy) is 1. The number of Topliss-reactive ketones (excluding diaryl/α,β-unsaturated/α-hetero) is 1. The number of hydrogen-bond donors (Lipinski definition) is 1. The molecule has 0 aromatic heterocycles. The van der Waals surface area contributed by atoms with Gasteiger partial charge in [0.05, 0.1) is 24.4 Å². The minimum Gasteiger partial charge on any atom is -0.507 e. The van der Waals surface area contributed by atoms with Crippen molar-refractivity contribution in [2.24, 2.45) is 0 Å². The van der Waals surface area contributed by atoms with E-state index in [-0.39, 0.29) is 11.3 Å². The van der Waals surface area contributed by atoms with E-state index in [0.717, 1.165) is 35.8 Å². The van der Waals surface area contributed by atoms with Gasteiger partial charge in [0.2, 0.25) is 0 Å². The largest absolute Gasteiger partial charge is 0.507 e. The lowest BCUT2D eigenvalue weighted by Crippen LogP contribution is -2.30. The number of amides is 1. The first kappa shape index (κ1) is 25.9. The van der Waals surface area contributed by atoms with Crippen LogP contribution in [0.4, 0.5) is 20.2 Å². The van der Waals surface area contributed by atoms with E-state index in [1.807, 2.05) is 26.0 Å². The molecule has 1 heterocycles. The smallest absolute Gasteiger partial charge is 0.300 e. The fourth-order valence-corrected chi connectivity index (χ4v) is 4.71. The van der Waals surface area contributed by atoms with E-state index in [0.29, 0.717) is 28.5 Å². The van der Waals surface area contributed by atoms with Crippen LogP contribution in [0.2, 0.25) is 0 Å². The van der Waals surface area contributed by atoms with Crippen LogP contribution in [0.5, 0.6) is 5.75 Å². The summed E-state index contributed by atoms with van der Waals surface area (Å²) in [5.74, 6) is -3.60. The van der Waals surface area contributed by atoms with E-state index in [4.69, 9.17) is 4.74 Å². The van der Waals surface area contributed by atoms with Crippen molar-refractivity contribution < 1.29 is 28.2 Å². The van der Waals surface area contributed by atoms with Crippen molar-refractivity contribution in [3.8, 4) is 5.75 Å². The number of aryl methyl sites for hydroxylation is 1. The van der Waals surface area contributed by atoms with Gasteiger partial charge in [-0.2, -0.15) is 0 Å². The standard InChI is InChI=1S/C29H28F2N2O4/c1-5-32(6-2)21-11-7-18(8-12-21)26-25(27(34)19-9-14-24(37-4)17(3)15-19)28(35)29(36)33(26)23-13-10-20(30)16-22(23)31/h7-16,26,34H,5-6H2,1-4H3/b27-25+. The van der Waals surface area contributed by atoms with Gasteiger partial charge in [-0.15, -0.1) is 0 Å². The van der Waals surface area contributed by atoms with Gasteiger partial charge in [0.25, 0.3) is 11.7 Å². The van der Waals surface area contributed by atoms with Crippen molar-refractivity contribution >= 4 is 28.8 Å². The van der Waals surface area contributed by atoms with Crippen molar-refractivity contribution in [1.29, 1.82) is 0 Å². The quantitative estimate of drug-likeness (QED) is 0.251. The molecule has 0 aliphatic carbocycles. The molecule has 3 aromatic carbocycles. The second kappa shape index (κ2) is 10.4. The van der Waals surface area contributed by atoms with Crippen LogP contribution in [0.15, 0.2) is 66.2 Å². The Hall–Kier alpha value is -4.20. The molecule has 1 unspecified atom stereocenters. The number of anilines is 2. The van der Waals surface area contributed by atoms with E-state index in [1.165, 1.54) is 7.11 Å². The van der Waals surface area contributed by atoms with Crippen LogP contribution in [-0.2, 0) is 9.59 Å². The zero-order chi connectivity index (χ0) is 26.9. The lowest BCUT2D eigenvalue weighted by atomic mass is 9.94. The molecular formula is C29H28F2N2O4. The number of aliphatic hydroxyl groups excluding tert-OH is 1. The molecule has 4 rings (SSSR count). The number of carbonyl (C=O) groups is 2. The average Bonchev–Trinajstić information content (AvgIpc) is 3.15. The molecule has 1 aliphatic heterocycles. The molecule has 0 radical (unpaired) electrons. The van der Waals surface area contributed by atoms with Crippen LogP contribution < -0.4 is 14.5 Å². The second-order valence-corrected chi connectivity index (χ2v) is 8.71. The van der Waals surface area contributed by atoms with Crippen molar-refractivity contribution in [1.82, 2.24) is 0 Å². The fourth-order valence-electron chi connectivity index (χ4n) is 4.71. The molecule has 37 heavy (non-hydrogen) atoms. The van der Waals surface area contributed by atoms with Gasteiger partial charge in [-0.05, 0) is 74.4 Å². The molecule has 1 N–H and O–H groups in total. The highest BCUT2D eigenvalue weighted by molar-refractivity contribution is 6.51. The maximum atomic E-state index is 14.9. The van der Waals surface area contributed by atoms with Crippen LogP contribution in [0.3, 0.4) is 0 Å². The molecule has 8 heteroatoms. The van der Waals surface area contributed by atoms with Crippen molar-refractivity contribution in [2.75, 3.05) is 30.0 Å². The average molecular weight is 507 g/mol. The van der Waals surface area contributed by atoms with E-state index in [9.17, 15) is 23.5 Å². The van der Waals surface area contributed by atoms with Gasteiger partial charge in [0.15, 0.2) is 0 Å². The molecule has 1 saturated heterocycles. The molecule has 1 aliphatic rings. The Morgan fingerprint density at radius 3 is 2.24 bits per heavy atom. The summed E-state index contributed by atoms with van der Waals surface area (Å²) in [6.07, 6.45) is 0. The third-order valence-corrected chi connectivity index (χ3v) is 6.62. The van der Waals surface area contributed by atoms with Crippen molar-refractivity contribution in [2.45, 2.75) is 26.8 Å². The zero-order valence-corrected chi connectivity index (χ0v) is 21.1. The Morgan fingerprint density at radius 1 is 1.00 bits per heavy atom. The number of nitrogens with zero attached hydrogens (tertiary/aromatic N) is 2. The number of methoxy groups -OCH3 is 1. The molecule has 0 bridgehead atoms. The maximum Gasteiger partial charge on any atom is 0.300 e. The molecule has 1 amide bonds. The van der Waals surface area contributed by atoms with Crippen LogP contribution in [0.1, 0.15) is 36.6 Å². The first-order valence-corrected chi connectivity index (χ1v) is 12.0. The topological polar surface area (TPSA) is 70.1 Å². The Bertz CT molecular complexity index is 1380. The SMILES string of the molecule is CCN(CC)c1ccc(C2/C(=C(\O)c3ccc(OC)c(C)c3)C(=O)C(=O)N2c2ccc(F)cc2F)cc1. The summed E-state index contributed by atoms with van der Waals surface area (Å²) < 4.78 is 33.8. The van der Waals surface area contributed by atoms with Crippen LogP contribution in [0.25, 0.3) is 5.76 Å². The normalized spacial score (nSPS) is 16.8. The van der Waals surface area contributed by atoms with Crippen LogP contribution in [0, 0.1) is 18.6 Å².